The molecule has 0 amide bonds. The molecule has 1 aliphatic rings. The molecule has 0 aliphatic carbocycles. The van der Waals surface area contributed by atoms with Gasteiger partial charge in [0.2, 0.25) is 0 Å². The first-order valence-corrected chi connectivity index (χ1v) is 6.97. The van der Waals surface area contributed by atoms with Crippen LogP contribution >= 0.6 is 27.7 Å². The summed E-state index contributed by atoms with van der Waals surface area (Å²) in [7, 11) is 0. The van der Waals surface area contributed by atoms with Crippen molar-refractivity contribution in [1.82, 2.24) is 0 Å². The first kappa shape index (κ1) is 11.3. The minimum atomic E-state index is -0.177. The molecule has 0 radical (unpaired) electrons. The summed E-state index contributed by atoms with van der Waals surface area (Å²) in [5.41, 5.74) is 0.598. The molecule has 1 atom stereocenters. The van der Waals surface area contributed by atoms with Crippen LogP contribution < -0.4 is 5.32 Å². The van der Waals surface area contributed by atoms with Crippen molar-refractivity contribution < 1.29 is 4.39 Å². The first-order valence-electron chi connectivity index (χ1n) is 5.02. The van der Waals surface area contributed by atoms with Gasteiger partial charge in [-0.2, -0.15) is 11.8 Å². The second-order valence-electron chi connectivity index (χ2n) is 3.73. The fraction of sp³-hybridized carbons (Fsp3) is 0.455. The van der Waals surface area contributed by atoms with Gasteiger partial charge in [0.05, 0.1) is 5.69 Å². The van der Waals surface area contributed by atoms with Crippen molar-refractivity contribution in [1.29, 1.82) is 0 Å². The fourth-order valence-corrected chi connectivity index (χ4v) is 3.28. The number of halogens is 2. The van der Waals surface area contributed by atoms with E-state index in [1.807, 2.05) is 11.8 Å². The van der Waals surface area contributed by atoms with Crippen LogP contribution in [-0.4, -0.2) is 18.1 Å². The molecule has 15 heavy (non-hydrogen) atoms. The standard InChI is InChI=1S/C11H13BrFNS/c12-9-1-2-10(13)11(5-9)14-6-8-3-4-15-7-8/h1-2,5,8,14H,3-4,6-7H2. The van der Waals surface area contributed by atoms with Crippen LogP contribution in [0.5, 0.6) is 0 Å². The molecule has 0 bridgehead atoms. The van der Waals surface area contributed by atoms with E-state index in [1.165, 1.54) is 24.0 Å². The molecule has 2 rings (SSSR count). The normalized spacial score (nSPS) is 20.5. The van der Waals surface area contributed by atoms with E-state index in [9.17, 15) is 4.39 Å². The highest BCUT2D eigenvalue weighted by Crippen LogP contribution is 2.25. The van der Waals surface area contributed by atoms with E-state index in [0.717, 1.165) is 11.0 Å². The molecule has 4 heteroatoms. The highest BCUT2D eigenvalue weighted by molar-refractivity contribution is 9.10. The number of rotatable bonds is 3. The Balaban J connectivity index is 1.94. The maximum Gasteiger partial charge on any atom is 0.146 e. The predicted octanol–water partition coefficient (Wildman–Crippen LogP) is 3.75. The lowest BCUT2D eigenvalue weighted by molar-refractivity contribution is 0.611. The third kappa shape index (κ3) is 3.11. The van der Waals surface area contributed by atoms with Gasteiger partial charge in [0.1, 0.15) is 5.82 Å². The van der Waals surface area contributed by atoms with Gasteiger partial charge in [0.15, 0.2) is 0 Å². The number of hydrogen-bond donors (Lipinski definition) is 1. The van der Waals surface area contributed by atoms with Gasteiger partial charge in [-0.15, -0.1) is 0 Å². The number of thioether (sulfide) groups is 1. The highest BCUT2D eigenvalue weighted by atomic mass is 79.9. The van der Waals surface area contributed by atoms with E-state index in [0.29, 0.717) is 11.6 Å². The lowest BCUT2D eigenvalue weighted by Crippen LogP contribution is -2.14. The molecule has 1 unspecified atom stereocenters. The average molecular weight is 290 g/mol. The van der Waals surface area contributed by atoms with Crippen LogP contribution in [-0.2, 0) is 0 Å². The maximum absolute atomic E-state index is 13.4. The molecule has 1 N–H and O–H groups in total. The third-order valence-corrected chi connectivity index (χ3v) is 4.26. The van der Waals surface area contributed by atoms with Gasteiger partial charge >= 0.3 is 0 Å². The molecule has 1 saturated heterocycles. The topological polar surface area (TPSA) is 12.0 Å². The Hall–Kier alpha value is -0.220. The summed E-state index contributed by atoms with van der Waals surface area (Å²) in [4.78, 5) is 0. The van der Waals surface area contributed by atoms with Crippen molar-refractivity contribution in [2.75, 3.05) is 23.4 Å². The molecular formula is C11H13BrFNS. The molecule has 0 saturated carbocycles. The number of nitrogens with one attached hydrogen (secondary N) is 1. The van der Waals surface area contributed by atoms with E-state index in [1.54, 1.807) is 12.1 Å². The second-order valence-corrected chi connectivity index (χ2v) is 5.80. The monoisotopic (exact) mass is 289 g/mol. The van der Waals surface area contributed by atoms with E-state index < -0.39 is 0 Å². The summed E-state index contributed by atoms with van der Waals surface area (Å²) in [6, 6.07) is 4.99. The largest absolute Gasteiger partial charge is 0.382 e. The Bertz CT molecular complexity index is 339. The molecule has 1 aliphatic heterocycles. The molecule has 82 valence electrons. The van der Waals surface area contributed by atoms with Crippen LogP contribution in [0.25, 0.3) is 0 Å². The summed E-state index contributed by atoms with van der Waals surface area (Å²) < 4.78 is 14.3. The van der Waals surface area contributed by atoms with Crippen LogP contribution in [0.15, 0.2) is 22.7 Å². The fourth-order valence-electron chi connectivity index (χ4n) is 1.63. The van der Waals surface area contributed by atoms with Crippen molar-refractivity contribution in [3.63, 3.8) is 0 Å². The van der Waals surface area contributed by atoms with Gasteiger partial charge in [0.25, 0.3) is 0 Å². The van der Waals surface area contributed by atoms with Crippen molar-refractivity contribution in [3.8, 4) is 0 Å². The maximum atomic E-state index is 13.4. The average Bonchev–Trinajstić information content (AvgIpc) is 2.72. The molecule has 0 aromatic heterocycles. The van der Waals surface area contributed by atoms with Crippen molar-refractivity contribution >= 4 is 33.4 Å². The van der Waals surface area contributed by atoms with Gasteiger partial charge in [-0.25, -0.2) is 4.39 Å². The van der Waals surface area contributed by atoms with Crippen LogP contribution in [0.4, 0.5) is 10.1 Å². The Morgan fingerprint density at radius 2 is 2.40 bits per heavy atom. The number of anilines is 1. The lowest BCUT2D eigenvalue weighted by Gasteiger charge is -2.12. The van der Waals surface area contributed by atoms with Gasteiger partial charge in [-0.05, 0) is 42.0 Å². The zero-order valence-electron chi connectivity index (χ0n) is 8.30. The van der Waals surface area contributed by atoms with Crippen molar-refractivity contribution in [2.24, 2.45) is 5.92 Å². The number of hydrogen-bond acceptors (Lipinski definition) is 2. The molecule has 1 nitrogen and oxygen atoms in total. The van der Waals surface area contributed by atoms with Crippen LogP contribution in [0.3, 0.4) is 0 Å². The van der Waals surface area contributed by atoms with Gasteiger partial charge in [-0.3, -0.25) is 0 Å². The van der Waals surface area contributed by atoms with Crippen molar-refractivity contribution in [2.45, 2.75) is 6.42 Å². The Labute approximate surface area is 102 Å². The SMILES string of the molecule is Fc1ccc(Br)cc1NCC1CCSC1. The summed E-state index contributed by atoms with van der Waals surface area (Å²) in [6.45, 7) is 0.875. The van der Waals surface area contributed by atoms with Crippen LogP contribution in [0, 0.1) is 11.7 Å². The molecular weight excluding hydrogens is 277 g/mol. The van der Waals surface area contributed by atoms with Crippen LogP contribution in [0.1, 0.15) is 6.42 Å². The zero-order valence-corrected chi connectivity index (χ0v) is 10.7. The predicted molar refractivity (Wildman–Crippen MR) is 68.0 cm³/mol. The van der Waals surface area contributed by atoms with Gasteiger partial charge in [-0.1, -0.05) is 15.9 Å². The summed E-state index contributed by atoms with van der Waals surface area (Å²) in [5, 5.41) is 3.18. The number of benzene rings is 1. The first-order chi connectivity index (χ1) is 7.25. The minimum Gasteiger partial charge on any atom is -0.382 e. The molecule has 1 aromatic carbocycles. The summed E-state index contributed by atoms with van der Waals surface area (Å²) in [5.74, 6) is 2.95. The molecule has 1 heterocycles. The van der Waals surface area contributed by atoms with E-state index in [4.69, 9.17) is 0 Å². The van der Waals surface area contributed by atoms with Crippen molar-refractivity contribution in [3.05, 3.63) is 28.5 Å². The summed E-state index contributed by atoms with van der Waals surface area (Å²) in [6.07, 6.45) is 1.24. The quantitative estimate of drug-likeness (QED) is 0.910. The summed E-state index contributed by atoms with van der Waals surface area (Å²) >= 11 is 5.32. The minimum absolute atomic E-state index is 0.177. The Morgan fingerprint density at radius 3 is 3.13 bits per heavy atom. The van der Waals surface area contributed by atoms with Gasteiger partial charge in [0, 0.05) is 11.0 Å². The second kappa shape index (κ2) is 5.21. The van der Waals surface area contributed by atoms with E-state index >= 15 is 0 Å². The molecule has 1 fully saturated rings. The Kier molecular flexibility index (Phi) is 3.92. The smallest absolute Gasteiger partial charge is 0.146 e. The lowest BCUT2D eigenvalue weighted by atomic mass is 10.1. The van der Waals surface area contributed by atoms with Gasteiger partial charge < -0.3 is 5.32 Å². The Morgan fingerprint density at radius 1 is 1.53 bits per heavy atom. The van der Waals surface area contributed by atoms with E-state index in [2.05, 4.69) is 21.2 Å². The molecule has 1 aromatic rings. The highest BCUT2D eigenvalue weighted by Gasteiger charge is 2.15. The van der Waals surface area contributed by atoms with Crippen LogP contribution in [0.2, 0.25) is 0 Å². The molecule has 0 spiro atoms. The van der Waals surface area contributed by atoms with E-state index in [-0.39, 0.29) is 5.82 Å². The third-order valence-electron chi connectivity index (χ3n) is 2.53. The zero-order chi connectivity index (χ0) is 10.7.